The van der Waals surface area contributed by atoms with E-state index in [4.69, 9.17) is 4.74 Å². The summed E-state index contributed by atoms with van der Waals surface area (Å²) >= 11 is 3.27. The van der Waals surface area contributed by atoms with Gasteiger partial charge < -0.3 is 4.74 Å². The number of ketones is 1. The molecule has 94 valence electrons. The first-order valence-corrected chi connectivity index (χ1v) is 6.48. The van der Waals surface area contributed by atoms with Crippen LogP contribution >= 0.6 is 15.9 Å². The highest BCUT2D eigenvalue weighted by molar-refractivity contribution is 9.10. The van der Waals surface area contributed by atoms with E-state index >= 15 is 0 Å². The molecule has 1 unspecified atom stereocenters. The Morgan fingerprint density at radius 2 is 2.18 bits per heavy atom. The van der Waals surface area contributed by atoms with Crippen LogP contribution in [-0.4, -0.2) is 12.4 Å². The van der Waals surface area contributed by atoms with Crippen LogP contribution < -0.4 is 0 Å². The third-order valence-corrected chi connectivity index (χ3v) is 2.86. The van der Waals surface area contributed by atoms with Crippen molar-refractivity contribution >= 4 is 21.7 Å². The fourth-order valence-electron chi connectivity index (χ4n) is 1.62. The third kappa shape index (κ3) is 3.89. The number of Topliss-reactive ketones (excluding diaryl/α,β-unsaturated/α-hetero) is 1. The lowest BCUT2D eigenvalue weighted by molar-refractivity contribution is -0.130. The van der Waals surface area contributed by atoms with Gasteiger partial charge in [-0.25, -0.2) is 4.39 Å². The van der Waals surface area contributed by atoms with Gasteiger partial charge in [-0.1, -0.05) is 22.9 Å². The van der Waals surface area contributed by atoms with Crippen LogP contribution in [0.15, 0.2) is 22.7 Å². The molecule has 0 heterocycles. The maximum atomic E-state index is 13.7. The molecular weight excluding hydrogens is 287 g/mol. The number of carbonyl (C=O) groups excluding carboxylic acids is 1. The molecule has 1 rings (SSSR count). The van der Waals surface area contributed by atoms with Crippen molar-refractivity contribution in [3.63, 3.8) is 0 Å². The Balaban J connectivity index is 3.04. The van der Waals surface area contributed by atoms with E-state index in [1.54, 1.807) is 19.1 Å². The van der Waals surface area contributed by atoms with Crippen LogP contribution in [0.2, 0.25) is 0 Å². The highest BCUT2D eigenvalue weighted by atomic mass is 79.9. The minimum atomic E-state index is -0.794. The Bertz CT molecular complexity index is 393. The predicted molar refractivity (Wildman–Crippen MR) is 68.4 cm³/mol. The smallest absolute Gasteiger partial charge is 0.166 e. The molecule has 17 heavy (non-hydrogen) atoms. The van der Waals surface area contributed by atoms with Crippen LogP contribution in [-0.2, 0) is 9.53 Å². The molecule has 1 atom stereocenters. The van der Waals surface area contributed by atoms with E-state index in [2.05, 4.69) is 15.9 Å². The number of halogens is 2. The molecule has 0 aliphatic rings. The molecule has 0 aliphatic heterocycles. The van der Waals surface area contributed by atoms with Crippen molar-refractivity contribution in [2.24, 2.45) is 0 Å². The Morgan fingerprint density at radius 3 is 2.76 bits per heavy atom. The van der Waals surface area contributed by atoms with Crippen molar-refractivity contribution in [2.75, 3.05) is 6.61 Å². The molecule has 1 aromatic carbocycles. The van der Waals surface area contributed by atoms with Gasteiger partial charge in [0.25, 0.3) is 0 Å². The second kappa shape index (κ2) is 6.87. The Hall–Kier alpha value is -0.740. The molecule has 0 spiro atoms. The molecule has 0 N–H and O–H groups in total. The van der Waals surface area contributed by atoms with Crippen LogP contribution in [0.3, 0.4) is 0 Å². The number of carbonyl (C=O) groups is 1. The summed E-state index contributed by atoms with van der Waals surface area (Å²) in [5.74, 6) is -0.484. The minimum absolute atomic E-state index is 0.0775. The second-order valence-electron chi connectivity index (χ2n) is 3.72. The zero-order chi connectivity index (χ0) is 12.8. The van der Waals surface area contributed by atoms with Crippen LogP contribution in [0.4, 0.5) is 4.39 Å². The standard InChI is InChI=1S/C13H16BrFO2/c1-3-5-12(16)13(17-4-2)10-8-9(14)6-7-11(10)15/h6-8,13H,3-5H2,1-2H3. The summed E-state index contributed by atoms with van der Waals surface area (Å²) in [6.07, 6.45) is 0.340. The fraction of sp³-hybridized carbons (Fsp3) is 0.462. The average molecular weight is 303 g/mol. The van der Waals surface area contributed by atoms with Gasteiger partial charge in [0.1, 0.15) is 11.9 Å². The Kier molecular flexibility index (Phi) is 5.78. The van der Waals surface area contributed by atoms with E-state index in [1.165, 1.54) is 6.07 Å². The number of hydrogen-bond donors (Lipinski definition) is 0. The van der Waals surface area contributed by atoms with Crippen molar-refractivity contribution in [2.45, 2.75) is 32.8 Å². The van der Waals surface area contributed by atoms with E-state index in [0.29, 0.717) is 18.6 Å². The molecule has 4 heteroatoms. The summed E-state index contributed by atoms with van der Waals surface area (Å²) in [6.45, 7) is 4.09. The van der Waals surface area contributed by atoms with E-state index in [-0.39, 0.29) is 5.78 Å². The molecule has 1 aromatic rings. The van der Waals surface area contributed by atoms with Crippen LogP contribution in [0.5, 0.6) is 0 Å². The second-order valence-corrected chi connectivity index (χ2v) is 4.63. The highest BCUT2D eigenvalue weighted by Gasteiger charge is 2.23. The summed E-state index contributed by atoms with van der Waals surface area (Å²) in [6, 6.07) is 4.54. The Morgan fingerprint density at radius 1 is 1.47 bits per heavy atom. The molecule has 0 fully saturated rings. The number of benzene rings is 1. The van der Waals surface area contributed by atoms with Gasteiger partial charge in [-0.15, -0.1) is 0 Å². The molecule has 2 nitrogen and oxygen atoms in total. The van der Waals surface area contributed by atoms with Gasteiger partial charge in [-0.2, -0.15) is 0 Å². The lowest BCUT2D eigenvalue weighted by Crippen LogP contribution is -2.17. The summed E-state index contributed by atoms with van der Waals surface area (Å²) in [7, 11) is 0. The normalized spacial score (nSPS) is 12.5. The van der Waals surface area contributed by atoms with E-state index in [1.807, 2.05) is 6.92 Å². The van der Waals surface area contributed by atoms with E-state index < -0.39 is 11.9 Å². The molecule has 0 aliphatic carbocycles. The van der Waals surface area contributed by atoms with E-state index in [0.717, 1.165) is 10.9 Å². The van der Waals surface area contributed by atoms with Crippen molar-refractivity contribution in [1.29, 1.82) is 0 Å². The van der Waals surface area contributed by atoms with Crippen molar-refractivity contribution in [3.8, 4) is 0 Å². The zero-order valence-corrected chi connectivity index (χ0v) is 11.6. The highest BCUT2D eigenvalue weighted by Crippen LogP contribution is 2.26. The lowest BCUT2D eigenvalue weighted by Gasteiger charge is -2.17. The van der Waals surface area contributed by atoms with Gasteiger partial charge in [0.15, 0.2) is 5.78 Å². The molecule has 0 aromatic heterocycles. The van der Waals surface area contributed by atoms with Crippen LogP contribution in [0.25, 0.3) is 0 Å². The third-order valence-electron chi connectivity index (χ3n) is 2.36. The van der Waals surface area contributed by atoms with Gasteiger partial charge >= 0.3 is 0 Å². The molecule has 0 amide bonds. The summed E-state index contributed by atoms with van der Waals surface area (Å²) in [4.78, 5) is 11.9. The Labute approximate surface area is 109 Å². The predicted octanol–water partition coefficient (Wildman–Crippen LogP) is 4.04. The monoisotopic (exact) mass is 302 g/mol. The maximum absolute atomic E-state index is 13.7. The molecular formula is C13H16BrFO2. The van der Waals surface area contributed by atoms with Gasteiger partial charge in [0.2, 0.25) is 0 Å². The topological polar surface area (TPSA) is 26.3 Å². The van der Waals surface area contributed by atoms with Gasteiger partial charge in [0, 0.05) is 23.1 Å². The van der Waals surface area contributed by atoms with E-state index in [9.17, 15) is 9.18 Å². The first kappa shape index (κ1) is 14.3. The zero-order valence-electron chi connectivity index (χ0n) is 10.0. The van der Waals surface area contributed by atoms with Crippen LogP contribution in [0.1, 0.15) is 38.4 Å². The molecule has 0 saturated carbocycles. The van der Waals surface area contributed by atoms with Gasteiger partial charge in [-0.05, 0) is 31.5 Å². The van der Waals surface area contributed by atoms with Gasteiger partial charge in [0.05, 0.1) is 0 Å². The lowest BCUT2D eigenvalue weighted by atomic mass is 10.0. The van der Waals surface area contributed by atoms with Crippen molar-refractivity contribution < 1.29 is 13.9 Å². The van der Waals surface area contributed by atoms with Crippen molar-refractivity contribution in [1.82, 2.24) is 0 Å². The maximum Gasteiger partial charge on any atom is 0.166 e. The fourth-order valence-corrected chi connectivity index (χ4v) is 1.99. The largest absolute Gasteiger partial charge is 0.366 e. The molecule has 0 saturated heterocycles. The first-order chi connectivity index (χ1) is 8.10. The quantitative estimate of drug-likeness (QED) is 0.793. The summed E-state index contributed by atoms with van der Waals surface area (Å²) in [5.41, 5.74) is 0.305. The first-order valence-electron chi connectivity index (χ1n) is 5.69. The number of rotatable bonds is 6. The van der Waals surface area contributed by atoms with Crippen LogP contribution in [0, 0.1) is 5.82 Å². The molecule has 0 radical (unpaired) electrons. The molecule has 0 bridgehead atoms. The number of ether oxygens (including phenoxy) is 1. The SMILES string of the molecule is CCCC(=O)C(OCC)c1cc(Br)ccc1F. The number of hydrogen-bond acceptors (Lipinski definition) is 2. The average Bonchev–Trinajstić information content (AvgIpc) is 2.30. The minimum Gasteiger partial charge on any atom is -0.366 e. The summed E-state index contributed by atoms with van der Waals surface area (Å²) < 4.78 is 19.8. The summed E-state index contributed by atoms with van der Waals surface area (Å²) in [5, 5.41) is 0. The van der Waals surface area contributed by atoms with Crippen molar-refractivity contribution in [3.05, 3.63) is 34.1 Å². The van der Waals surface area contributed by atoms with Gasteiger partial charge in [-0.3, -0.25) is 4.79 Å².